The third-order valence-electron chi connectivity index (χ3n) is 3.34. The molecule has 0 aliphatic heterocycles. The van der Waals surface area contributed by atoms with Crippen LogP contribution in [0.5, 0.6) is 0 Å². The molecule has 0 radical (unpaired) electrons. The summed E-state index contributed by atoms with van der Waals surface area (Å²) >= 11 is 0. The summed E-state index contributed by atoms with van der Waals surface area (Å²) in [5.41, 5.74) is 0. The monoisotopic (exact) mass is 164 g/mol. The minimum atomic E-state index is 0.374. The number of allylic oxidation sites excluding steroid dienone is 2. The van der Waals surface area contributed by atoms with Crippen LogP contribution in [0.3, 0.4) is 0 Å². The van der Waals surface area contributed by atoms with Crippen LogP contribution in [-0.2, 0) is 4.79 Å². The van der Waals surface area contributed by atoms with Crippen LogP contribution in [0.25, 0.3) is 0 Å². The average Bonchev–Trinajstić information content (AvgIpc) is 2.18. The Bertz CT molecular complexity index is 217. The van der Waals surface area contributed by atoms with Crippen molar-refractivity contribution in [3.8, 4) is 0 Å². The quantitative estimate of drug-likeness (QED) is 0.573. The Kier molecular flexibility index (Phi) is 2.03. The molecule has 0 N–H and O–H groups in total. The zero-order valence-corrected chi connectivity index (χ0v) is 7.62. The van der Waals surface area contributed by atoms with E-state index in [2.05, 4.69) is 12.2 Å². The molecule has 3 aliphatic carbocycles. The molecule has 0 spiro atoms. The van der Waals surface area contributed by atoms with Crippen molar-refractivity contribution in [2.75, 3.05) is 0 Å². The predicted octanol–water partition coefficient (Wildman–Crippen LogP) is 2.57. The van der Waals surface area contributed by atoms with Gasteiger partial charge in [0.2, 0.25) is 0 Å². The highest BCUT2D eigenvalue weighted by Crippen LogP contribution is 2.40. The number of ketones is 1. The zero-order chi connectivity index (χ0) is 8.55. The summed E-state index contributed by atoms with van der Waals surface area (Å²) in [6.45, 7) is 1.98. The van der Waals surface area contributed by atoms with E-state index in [4.69, 9.17) is 0 Å². The van der Waals surface area contributed by atoms with Gasteiger partial charge in [0.1, 0.15) is 5.78 Å². The van der Waals surface area contributed by atoms with Gasteiger partial charge in [-0.15, -0.1) is 0 Å². The van der Waals surface area contributed by atoms with E-state index in [1.54, 1.807) is 0 Å². The summed E-state index contributed by atoms with van der Waals surface area (Å²) in [5.74, 6) is 2.16. The predicted molar refractivity (Wildman–Crippen MR) is 48.8 cm³/mol. The standard InChI is InChI=1S/C11H16O/c1-2-11(12)10-7-8-3-5-9(10)6-4-8/h3,5,8-10H,2,4,6-7H2,1H3. The van der Waals surface area contributed by atoms with Crippen LogP contribution < -0.4 is 0 Å². The number of Topliss-reactive ketones (excluding diaryl/α,β-unsaturated/α-hetero) is 1. The molecule has 1 saturated carbocycles. The Morgan fingerprint density at radius 2 is 2.25 bits per heavy atom. The lowest BCUT2D eigenvalue weighted by Gasteiger charge is -2.36. The van der Waals surface area contributed by atoms with Crippen molar-refractivity contribution < 1.29 is 4.79 Å². The molecule has 0 aromatic carbocycles. The molecule has 1 nitrogen and oxygen atoms in total. The van der Waals surface area contributed by atoms with Gasteiger partial charge in [0, 0.05) is 12.3 Å². The van der Waals surface area contributed by atoms with E-state index in [1.165, 1.54) is 12.8 Å². The fraction of sp³-hybridized carbons (Fsp3) is 0.727. The van der Waals surface area contributed by atoms with Gasteiger partial charge in [-0.05, 0) is 31.1 Å². The molecule has 3 rings (SSSR count). The molecule has 1 heteroatoms. The highest BCUT2D eigenvalue weighted by Gasteiger charge is 2.34. The molecule has 1 fully saturated rings. The lowest BCUT2D eigenvalue weighted by Crippen LogP contribution is -2.32. The maximum atomic E-state index is 11.5. The van der Waals surface area contributed by atoms with Crippen molar-refractivity contribution in [2.24, 2.45) is 17.8 Å². The second kappa shape index (κ2) is 3.04. The lowest BCUT2D eigenvalue weighted by molar-refractivity contribution is -0.125. The van der Waals surface area contributed by atoms with Gasteiger partial charge in [-0.3, -0.25) is 4.79 Å². The summed E-state index contributed by atoms with van der Waals surface area (Å²) < 4.78 is 0. The summed E-state index contributed by atoms with van der Waals surface area (Å²) in [6, 6.07) is 0. The van der Waals surface area contributed by atoms with Crippen LogP contribution in [-0.4, -0.2) is 5.78 Å². The van der Waals surface area contributed by atoms with E-state index < -0.39 is 0 Å². The first-order valence-corrected chi connectivity index (χ1v) is 5.02. The molecule has 12 heavy (non-hydrogen) atoms. The van der Waals surface area contributed by atoms with E-state index >= 15 is 0 Å². The van der Waals surface area contributed by atoms with Crippen LogP contribution in [0.4, 0.5) is 0 Å². The number of hydrogen-bond acceptors (Lipinski definition) is 1. The van der Waals surface area contributed by atoms with Gasteiger partial charge in [-0.25, -0.2) is 0 Å². The number of fused-ring (bicyclic) bond motifs is 2. The van der Waals surface area contributed by atoms with Gasteiger partial charge in [-0.1, -0.05) is 19.1 Å². The maximum Gasteiger partial charge on any atom is 0.136 e. The van der Waals surface area contributed by atoms with E-state index in [0.29, 0.717) is 17.6 Å². The number of carbonyl (C=O) groups is 1. The Morgan fingerprint density at radius 1 is 1.42 bits per heavy atom. The van der Waals surface area contributed by atoms with Crippen molar-refractivity contribution in [3.05, 3.63) is 12.2 Å². The topological polar surface area (TPSA) is 17.1 Å². The largest absolute Gasteiger partial charge is 0.299 e. The molecule has 3 atom stereocenters. The summed E-state index contributed by atoms with van der Waals surface area (Å²) in [6.07, 6.45) is 9.01. The van der Waals surface area contributed by atoms with E-state index in [0.717, 1.165) is 18.8 Å². The normalized spacial score (nSPS) is 38.6. The fourth-order valence-electron chi connectivity index (χ4n) is 2.56. The number of hydrogen-bond donors (Lipinski definition) is 0. The van der Waals surface area contributed by atoms with Gasteiger partial charge in [-0.2, -0.15) is 0 Å². The summed E-state index contributed by atoms with van der Waals surface area (Å²) in [7, 11) is 0. The van der Waals surface area contributed by atoms with Gasteiger partial charge >= 0.3 is 0 Å². The first-order chi connectivity index (χ1) is 5.81. The zero-order valence-electron chi connectivity index (χ0n) is 7.62. The third-order valence-corrected chi connectivity index (χ3v) is 3.34. The van der Waals surface area contributed by atoms with Crippen LogP contribution in [0.15, 0.2) is 12.2 Å². The van der Waals surface area contributed by atoms with E-state index in [-0.39, 0.29) is 0 Å². The molecule has 0 saturated heterocycles. The van der Waals surface area contributed by atoms with E-state index in [1.807, 2.05) is 6.92 Å². The third kappa shape index (κ3) is 1.21. The van der Waals surface area contributed by atoms with Crippen molar-refractivity contribution >= 4 is 5.78 Å². The van der Waals surface area contributed by atoms with Crippen molar-refractivity contribution in [1.82, 2.24) is 0 Å². The number of rotatable bonds is 2. The Hall–Kier alpha value is -0.590. The molecule has 0 heterocycles. The molecule has 2 bridgehead atoms. The highest BCUT2D eigenvalue weighted by molar-refractivity contribution is 5.81. The van der Waals surface area contributed by atoms with Crippen LogP contribution in [0.1, 0.15) is 32.6 Å². The second-order valence-corrected chi connectivity index (χ2v) is 4.05. The molecular weight excluding hydrogens is 148 g/mol. The molecule has 66 valence electrons. The first-order valence-electron chi connectivity index (χ1n) is 5.02. The molecule has 0 amide bonds. The molecule has 0 aromatic rings. The molecule has 3 aliphatic rings. The second-order valence-electron chi connectivity index (χ2n) is 4.05. The Labute approximate surface area is 73.8 Å². The molecule has 0 aromatic heterocycles. The minimum Gasteiger partial charge on any atom is -0.299 e. The van der Waals surface area contributed by atoms with Gasteiger partial charge in [0.05, 0.1) is 0 Å². The Morgan fingerprint density at radius 3 is 2.67 bits per heavy atom. The van der Waals surface area contributed by atoms with Crippen LogP contribution >= 0.6 is 0 Å². The SMILES string of the molecule is CCC(=O)C1CC2C=CC1CC2. The summed E-state index contributed by atoms with van der Waals surface area (Å²) in [5, 5.41) is 0. The van der Waals surface area contributed by atoms with Crippen LogP contribution in [0, 0.1) is 17.8 Å². The van der Waals surface area contributed by atoms with Crippen LogP contribution in [0.2, 0.25) is 0 Å². The van der Waals surface area contributed by atoms with Crippen molar-refractivity contribution in [3.63, 3.8) is 0 Å². The van der Waals surface area contributed by atoms with E-state index in [9.17, 15) is 4.79 Å². The molecule has 3 unspecified atom stereocenters. The fourth-order valence-corrected chi connectivity index (χ4v) is 2.56. The highest BCUT2D eigenvalue weighted by atomic mass is 16.1. The van der Waals surface area contributed by atoms with Gasteiger partial charge in [0.15, 0.2) is 0 Å². The lowest BCUT2D eigenvalue weighted by atomic mass is 9.67. The van der Waals surface area contributed by atoms with Crippen molar-refractivity contribution in [1.29, 1.82) is 0 Å². The van der Waals surface area contributed by atoms with Crippen molar-refractivity contribution in [2.45, 2.75) is 32.6 Å². The maximum absolute atomic E-state index is 11.5. The van der Waals surface area contributed by atoms with Gasteiger partial charge in [0.25, 0.3) is 0 Å². The number of carbonyl (C=O) groups excluding carboxylic acids is 1. The average molecular weight is 164 g/mol. The van der Waals surface area contributed by atoms with Gasteiger partial charge < -0.3 is 0 Å². The smallest absolute Gasteiger partial charge is 0.136 e. The first kappa shape index (κ1) is 8.03. The summed E-state index contributed by atoms with van der Waals surface area (Å²) in [4.78, 5) is 11.5. The minimum absolute atomic E-state index is 0.374. The molecular formula is C11H16O. The Balaban J connectivity index is 2.11.